The van der Waals surface area contributed by atoms with E-state index in [0.717, 1.165) is 47.9 Å². The van der Waals surface area contributed by atoms with Crippen LogP contribution in [-0.2, 0) is 11.3 Å². The van der Waals surface area contributed by atoms with E-state index in [1.165, 1.54) is 38.5 Å². The lowest BCUT2D eigenvalue weighted by molar-refractivity contribution is -0.125. The molecule has 7 nitrogen and oxygen atoms in total. The Morgan fingerprint density at radius 2 is 1.89 bits per heavy atom. The minimum atomic E-state index is 0.194. The maximum atomic E-state index is 12.4. The van der Waals surface area contributed by atoms with E-state index in [2.05, 4.69) is 15.3 Å². The first-order chi connectivity index (χ1) is 13.8. The summed E-state index contributed by atoms with van der Waals surface area (Å²) in [6.07, 6.45) is 13.3. The van der Waals surface area contributed by atoms with Crippen molar-refractivity contribution in [2.24, 2.45) is 5.92 Å². The number of piperidine rings is 1. The van der Waals surface area contributed by atoms with Gasteiger partial charge in [0, 0.05) is 25.6 Å². The second-order valence-electron chi connectivity index (χ2n) is 7.81. The summed E-state index contributed by atoms with van der Waals surface area (Å²) in [6, 6.07) is 0. The van der Waals surface area contributed by atoms with Crippen LogP contribution in [0.15, 0.2) is 11.4 Å². The zero-order valence-electron chi connectivity index (χ0n) is 16.7. The van der Waals surface area contributed by atoms with Crippen LogP contribution in [-0.4, -0.2) is 51.5 Å². The Hall–Kier alpha value is -1.83. The van der Waals surface area contributed by atoms with E-state index in [4.69, 9.17) is 9.97 Å². The number of anilines is 1. The second-order valence-corrected chi connectivity index (χ2v) is 8.59. The fourth-order valence-corrected chi connectivity index (χ4v) is 4.67. The SMILES string of the molecule is CSc1nc(N2CCCCC2)c2cnn(CCNC(=O)C3CCCCC3)c2n1. The molecular weight excluding hydrogens is 372 g/mol. The Morgan fingerprint density at radius 3 is 2.64 bits per heavy atom. The van der Waals surface area contributed by atoms with Gasteiger partial charge in [-0.05, 0) is 38.4 Å². The first-order valence-corrected chi connectivity index (χ1v) is 11.8. The molecule has 8 heteroatoms. The normalized spacial score (nSPS) is 18.5. The molecule has 152 valence electrons. The highest BCUT2D eigenvalue weighted by molar-refractivity contribution is 7.98. The van der Waals surface area contributed by atoms with Crippen molar-refractivity contribution in [3.05, 3.63) is 6.20 Å². The lowest BCUT2D eigenvalue weighted by atomic mass is 9.89. The molecule has 0 aromatic carbocycles. The number of fused-ring (bicyclic) bond motifs is 1. The Bertz CT molecular complexity index is 810. The first-order valence-electron chi connectivity index (χ1n) is 10.6. The van der Waals surface area contributed by atoms with Crippen LogP contribution in [0, 0.1) is 5.92 Å². The van der Waals surface area contributed by atoms with E-state index < -0.39 is 0 Å². The molecule has 2 aliphatic rings. The van der Waals surface area contributed by atoms with Gasteiger partial charge in [-0.2, -0.15) is 5.10 Å². The van der Waals surface area contributed by atoms with Gasteiger partial charge in [-0.3, -0.25) is 4.79 Å². The second kappa shape index (κ2) is 9.11. The van der Waals surface area contributed by atoms with Crippen molar-refractivity contribution in [1.82, 2.24) is 25.1 Å². The minimum Gasteiger partial charge on any atom is -0.356 e. The zero-order chi connectivity index (χ0) is 19.3. The fourth-order valence-electron chi connectivity index (χ4n) is 4.32. The summed E-state index contributed by atoms with van der Waals surface area (Å²) >= 11 is 1.56. The predicted octanol–water partition coefficient (Wildman–Crippen LogP) is 3.24. The number of hydrogen-bond acceptors (Lipinski definition) is 6. The third kappa shape index (κ3) is 4.26. The fraction of sp³-hybridized carbons (Fsp3) is 0.700. The highest BCUT2D eigenvalue weighted by Crippen LogP contribution is 2.28. The van der Waals surface area contributed by atoms with Crippen LogP contribution in [0.1, 0.15) is 51.4 Å². The van der Waals surface area contributed by atoms with Gasteiger partial charge in [0.1, 0.15) is 5.82 Å². The van der Waals surface area contributed by atoms with Gasteiger partial charge < -0.3 is 10.2 Å². The number of nitrogens with one attached hydrogen (secondary N) is 1. The van der Waals surface area contributed by atoms with Gasteiger partial charge in [0.05, 0.1) is 18.1 Å². The lowest BCUT2D eigenvalue weighted by Gasteiger charge is -2.28. The molecule has 1 saturated carbocycles. The van der Waals surface area contributed by atoms with Crippen molar-refractivity contribution in [2.45, 2.75) is 63.1 Å². The number of carbonyl (C=O) groups is 1. The molecular formula is C20H30N6OS. The number of aromatic nitrogens is 4. The van der Waals surface area contributed by atoms with Crippen LogP contribution in [0.3, 0.4) is 0 Å². The summed E-state index contributed by atoms with van der Waals surface area (Å²) in [4.78, 5) is 24.2. The molecule has 1 amide bonds. The van der Waals surface area contributed by atoms with Gasteiger partial charge in [-0.1, -0.05) is 31.0 Å². The number of carbonyl (C=O) groups excluding carboxylic acids is 1. The van der Waals surface area contributed by atoms with Crippen molar-refractivity contribution in [3.8, 4) is 0 Å². The number of rotatable bonds is 6. The molecule has 1 aliphatic heterocycles. The van der Waals surface area contributed by atoms with E-state index in [0.29, 0.717) is 13.1 Å². The van der Waals surface area contributed by atoms with Gasteiger partial charge in [0.15, 0.2) is 10.8 Å². The first kappa shape index (κ1) is 19.5. The van der Waals surface area contributed by atoms with Gasteiger partial charge in [0.2, 0.25) is 5.91 Å². The summed E-state index contributed by atoms with van der Waals surface area (Å²) in [6.45, 7) is 3.31. The molecule has 0 atom stereocenters. The van der Waals surface area contributed by atoms with E-state index in [1.54, 1.807) is 11.8 Å². The molecule has 0 spiro atoms. The monoisotopic (exact) mass is 402 g/mol. The summed E-state index contributed by atoms with van der Waals surface area (Å²) in [5.41, 5.74) is 0.867. The number of hydrogen-bond donors (Lipinski definition) is 1. The third-order valence-electron chi connectivity index (χ3n) is 5.89. The molecule has 0 bridgehead atoms. The quantitative estimate of drug-likeness (QED) is 0.590. The van der Waals surface area contributed by atoms with Gasteiger partial charge in [0.25, 0.3) is 0 Å². The van der Waals surface area contributed by atoms with Gasteiger partial charge in [-0.25, -0.2) is 14.6 Å². The Kier molecular flexibility index (Phi) is 6.34. The number of nitrogens with zero attached hydrogens (tertiary/aromatic N) is 5. The molecule has 0 radical (unpaired) electrons. The maximum Gasteiger partial charge on any atom is 0.223 e. The predicted molar refractivity (Wildman–Crippen MR) is 113 cm³/mol. The molecule has 1 N–H and O–H groups in total. The van der Waals surface area contributed by atoms with Crippen LogP contribution in [0.4, 0.5) is 5.82 Å². The largest absolute Gasteiger partial charge is 0.356 e. The van der Waals surface area contributed by atoms with Gasteiger partial charge in [-0.15, -0.1) is 0 Å². The Morgan fingerprint density at radius 1 is 1.14 bits per heavy atom. The van der Waals surface area contributed by atoms with Crippen LogP contribution in [0.25, 0.3) is 11.0 Å². The highest BCUT2D eigenvalue weighted by Gasteiger charge is 2.22. The molecule has 2 fully saturated rings. The van der Waals surface area contributed by atoms with Crippen LogP contribution >= 0.6 is 11.8 Å². The van der Waals surface area contributed by atoms with Crippen molar-refractivity contribution >= 4 is 34.5 Å². The molecule has 2 aromatic rings. The summed E-state index contributed by atoms with van der Waals surface area (Å²) < 4.78 is 1.91. The third-order valence-corrected chi connectivity index (χ3v) is 6.44. The average Bonchev–Trinajstić information content (AvgIpc) is 3.17. The molecule has 4 rings (SSSR count). The van der Waals surface area contributed by atoms with Crippen LogP contribution < -0.4 is 10.2 Å². The van der Waals surface area contributed by atoms with Crippen molar-refractivity contribution in [3.63, 3.8) is 0 Å². The summed E-state index contributed by atoms with van der Waals surface area (Å²) in [7, 11) is 0. The molecule has 1 saturated heterocycles. The number of thioether (sulfide) groups is 1. The molecule has 1 aliphatic carbocycles. The van der Waals surface area contributed by atoms with E-state index in [-0.39, 0.29) is 11.8 Å². The summed E-state index contributed by atoms with van der Waals surface area (Å²) in [5, 5.41) is 9.46. The standard InChI is InChI=1S/C20H30N6OS/c1-28-20-23-17(25-11-6-3-7-12-25)16-14-22-26(18(16)24-20)13-10-21-19(27)15-8-4-2-5-9-15/h14-15H,2-13H2,1H3,(H,21,27). The Balaban J connectivity index is 1.47. The highest BCUT2D eigenvalue weighted by atomic mass is 32.2. The topological polar surface area (TPSA) is 75.9 Å². The van der Waals surface area contributed by atoms with E-state index >= 15 is 0 Å². The number of amides is 1. The van der Waals surface area contributed by atoms with Crippen LogP contribution in [0.5, 0.6) is 0 Å². The average molecular weight is 403 g/mol. The van der Waals surface area contributed by atoms with Crippen LogP contribution in [0.2, 0.25) is 0 Å². The van der Waals surface area contributed by atoms with Crippen molar-refractivity contribution in [2.75, 3.05) is 30.8 Å². The zero-order valence-corrected chi connectivity index (χ0v) is 17.5. The van der Waals surface area contributed by atoms with Gasteiger partial charge >= 0.3 is 0 Å². The van der Waals surface area contributed by atoms with Crippen molar-refractivity contribution in [1.29, 1.82) is 0 Å². The maximum absolute atomic E-state index is 12.4. The van der Waals surface area contributed by atoms with E-state index in [1.807, 2.05) is 17.1 Å². The molecule has 0 unspecified atom stereocenters. The van der Waals surface area contributed by atoms with E-state index in [9.17, 15) is 4.79 Å². The van der Waals surface area contributed by atoms with Crippen molar-refractivity contribution < 1.29 is 4.79 Å². The lowest BCUT2D eigenvalue weighted by Crippen LogP contribution is -2.34. The molecule has 2 aromatic heterocycles. The molecule has 3 heterocycles. The minimum absolute atomic E-state index is 0.194. The molecule has 28 heavy (non-hydrogen) atoms. The summed E-state index contributed by atoms with van der Waals surface area (Å²) in [5.74, 6) is 1.40. The smallest absolute Gasteiger partial charge is 0.223 e. The Labute approximate surface area is 170 Å².